The van der Waals surface area contributed by atoms with Crippen LogP contribution >= 0.6 is 0 Å². The lowest BCUT2D eigenvalue weighted by molar-refractivity contribution is -0.129. The molecule has 0 aliphatic carbocycles. The van der Waals surface area contributed by atoms with Gasteiger partial charge in [0.2, 0.25) is 11.8 Å². The van der Waals surface area contributed by atoms with Crippen LogP contribution in [0.1, 0.15) is 23.1 Å². The minimum atomic E-state index is -1.43. The van der Waals surface area contributed by atoms with Crippen molar-refractivity contribution in [2.24, 2.45) is 11.5 Å². The smallest absolute Gasteiger partial charge is 0.411 e. The highest BCUT2D eigenvalue weighted by Crippen LogP contribution is 2.20. The Morgan fingerprint density at radius 3 is 2.12 bits per heavy atom. The van der Waals surface area contributed by atoms with Crippen LogP contribution in [0.5, 0.6) is 5.75 Å². The van der Waals surface area contributed by atoms with Crippen molar-refractivity contribution in [1.82, 2.24) is 10.2 Å². The van der Waals surface area contributed by atoms with Gasteiger partial charge in [-0.15, -0.1) is 0 Å². The standard InChI is InChI=1S/C30H36N4O6/c1-39-24-14-8-13-23(15-24)18-33-19-27(35)25(16-21-9-4-2-5-10-21)34(26(29(32)37)17-28(31)36)30(38)40-20-22-11-6-3-7-12-22/h2-15,25-27,33,35H,16-20H2,1H3,(H2,31,36)(H2,32,37)/t25-,26-,27+/m0/s1. The van der Waals surface area contributed by atoms with Gasteiger partial charge in [-0.1, -0.05) is 72.8 Å². The van der Waals surface area contributed by atoms with E-state index in [2.05, 4.69) is 5.32 Å². The Balaban J connectivity index is 1.89. The summed E-state index contributed by atoms with van der Waals surface area (Å²) in [5.41, 5.74) is 13.5. The Hall–Kier alpha value is -4.41. The van der Waals surface area contributed by atoms with E-state index in [-0.39, 0.29) is 19.6 Å². The highest BCUT2D eigenvalue weighted by molar-refractivity contribution is 5.89. The van der Waals surface area contributed by atoms with Crippen molar-refractivity contribution in [2.75, 3.05) is 13.7 Å². The lowest BCUT2D eigenvalue weighted by atomic mass is 9.97. The van der Waals surface area contributed by atoms with Gasteiger partial charge in [0, 0.05) is 13.1 Å². The number of nitrogens with one attached hydrogen (secondary N) is 1. The van der Waals surface area contributed by atoms with E-state index in [9.17, 15) is 19.5 Å². The molecule has 0 aliphatic rings. The van der Waals surface area contributed by atoms with Gasteiger partial charge >= 0.3 is 6.09 Å². The van der Waals surface area contributed by atoms with Gasteiger partial charge in [-0.3, -0.25) is 14.5 Å². The third-order valence-corrected chi connectivity index (χ3v) is 6.38. The van der Waals surface area contributed by atoms with E-state index < -0.39 is 42.5 Å². The monoisotopic (exact) mass is 548 g/mol. The molecule has 212 valence electrons. The summed E-state index contributed by atoms with van der Waals surface area (Å²) >= 11 is 0. The molecular weight excluding hydrogens is 512 g/mol. The van der Waals surface area contributed by atoms with Crippen molar-refractivity contribution >= 4 is 17.9 Å². The maximum absolute atomic E-state index is 13.5. The molecule has 10 nitrogen and oxygen atoms in total. The van der Waals surface area contributed by atoms with Gasteiger partial charge < -0.3 is 31.4 Å². The Kier molecular flexibility index (Phi) is 11.5. The maximum Gasteiger partial charge on any atom is 0.411 e. The first-order valence-corrected chi connectivity index (χ1v) is 12.9. The molecule has 0 fully saturated rings. The number of nitrogens with two attached hydrogens (primary N) is 2. The van der Waals surface area contributed by atoms with Gasteiger partial charge in [0.25, 0.3) is 0 Å². The highest BCUT2D eigenvalue weighted by atomic mass is 16.6. The van der Waals surface area contributed by atoms with E-state index in [0.29, 0.717) is 12.3 Å². The Bertz CT molecular complexity index is 1240. The normalized spacial score (nSPS) is 13.1. The van der Waals surface area contributed by atoms with Crippen LogP contribution in [0.2, 0.25) is 0 Å². The first-order valence-electron chi connectivity index (χ1n) is 12.9. The number of rotatable bonds is 15. The second-order valence-electron chi connectivity index (χ2n) is 9.34. The van der Waals surface area contributed by atoms with E-state index in [0.717, 1.165) is 21.6 Å². The molecule has 0 radical (unpaired) electrons. The lowest BCUT2D eigenvalue weighted by Gasteiger charge is -2.38. The van der Waals surface area contributed by atoms with E-state index in [1.165, 1.54) is 0 Å². The fourth-order valence-electron chi connectivity index (χ4n) is 4.37. The summed E-state index contributed by atoms with van der Waals surface area (Å²) in [6.45, 7) is 0.380. The van der Waals surface area contributed by atoms with Gasteiger partial charge in [0.1, 0.15) is 18.4 Å². The average Bonchev–Trinajstić information content (AvgIpc) is 2.96. The van der Waals surface area contributed by atoms with Crippen molar-refractivity contribution in [3.05, 3.63) is 102 Å². The number of methoxy groups -OCH3 is 1. The van der Waals surface area contributed by atoms with E-state index >= 15 is 0 Å². The predicted octanol–water partition coefficient (Wildman–Crippen LogP) is 2.13. The molecule has 0 bridgehead atoms. The number of aliphatic hydroxyl groups excluding tert-OH is 1. The third kappa shape index (κ3) is 9.11. The molecule has 10 heteroatoms. The molecular formula is C30H36N4O6. The molecule has 3 aromatic carbocycles. The Morgan fingerprint density at radius 2 is 1.52 bits per heavy atom. The zero-order chi connectivity index (χ0) is 28.9. The number of nitrogens with zero attached hydrogens (tertiary/aromatic N) is 1. The molecule has 6 N–H and O–H groups in total. The third-order valence-electron chi connectivity index (χ3n) is 6.38. The fourth-order valence-corrected chi connectivity index (χ4v) is 4.37. The van der Waals surface area contributed by atoms with Gasteiger partial charge in [0.05, 0.1) is 25.7 Å². The van der Waals surface area contributed by atoms with Crippen LogP contribution in [0.25, 0.3) is 0 Å². The molecule has 0 saturated carbocycles. The zero-order valence-electron chi connectivity index (χ0n) is 22.4. The second kappa shape index (κ2) is 15.2. The molecule has 0 spiro atoms. The summed E-state index contributed by atoms with van der Waals surface area (Å²) in [6.07, 6.45) is -2.44. The number of hydrogen-bond acceptors (Lipinski definition) is 7. The average molecular weight is 549 g/mol. The summed E-state index contributed by atoms with van der Waals surface area (Å²) in [5.74, 6) is -1.07. The van der Waals surface area contributed by atoms with Gasteiger partial charge in [0.15, 0.2) is 0 Å². The molecule has 0 aromatic heterocycles. The van der Waals surface area contributed by atoms with E-state index in [4.69, 9.17) is 20.9 Å². The number of carbonyl (C=O) groups is 3. The lowest BCUT2D eigenvalue weighted by Crippen LogP contribution is -2.59. The van der Waals surface area contributed by atoms with Crippen molar-refractivity contribution in [3.63, 3.8) is 0 Å². The minimum Gasteiger partial charge on any atom is -0.497 e. The van der Waals surface area contributed by atoms with Crippen LogP contribution < -0.4 is 21.5 Å². The first-order chi connectivity index (χ1) is 19.3. The van der Waals surface area contributed by atoms with Crippen molar-refractivity contribution in [3.8, 4) is 5.75 Å². The van der Waals surface area contributed by atoms with Crippen LogP contribution in [0.15, 0.2) is 84.9 Å². The molecule has 3 amide bonds. The van der Waals surface area contributed by atoms with Crippen molar-refractivity contribution in [1.29, 1.82) is 0 Å². The number of benzene rings is 3. The SMILES string of the molecule is COc1cccc(CNC[C@@H](O)[C@H](Cc2ccccc2)N(C(=O)OCc2ccccc2)[C@@H](CC(N)=O)C(N)=O)c1. The first kappa shape index (κ1) is 30.1. The number of amides is 3. The molecule has 40 heavy (non-hydrogen) atoms. The summed E-state index contributed by atoms with van der Waals surface area (Å²) in [7, 11) is 1.58. The Labute approximate surface area is 233 Å². The topological polar surface area (TPSA) is 157 Å². The predicted molar refractivity (Wildman–Crippen MR) is 150 cm³/mol. The summed E-state index contributed by atoms with van der Waals surface area (Å²) < 4.78 is 10.8. The number of aliphatic hydroxyl groups is 1. The van der Waals surface area contributed by atoms with E-state index in [1.807, 2.05) is 60.7 Å². The number of ether oxygens (including phenoxy) is 2. The van der Waals surface area contributed by atoms with Crippen LogP contribution in [-0.2, 0) is 33.9 Å². The summed E-state index contributed by atoms with van der Waals surface area (Å²) in [4.78, 5) is 39.1. The number of hydrogen-bond donors (Lipinski definition) is 4. The molecule has 3 aromatic rings. The van der Waals surface area contributed by atoms with Crippen LogP contribution in [-0.4, -0.2) is 59.8 Å². The highest BCUT2D eigenvalue weighted by Gasteiger charge is 2.39. The molecule has 0 aliphatic heterocycles. The second-order valence-corrected chi connectivity index (χ2v) is 9.34. The van der Waals surface area contributed by atoms with Crippen LogP contribution in [0, 0.1) is 0 Å². The largest absolute Gasteiger partial charge is 0.497 e. The molecule has 3 rings (SSSR count). The van der Waals surface area contributed by atoms with Crippen molar-refractivity contribution < 1.29 is 29.0 Å². The van der Waals surface area contributed by atoms with Gasteiger partial charge in [-0.05, 0) is 35.2 Å². The van der Waals surface area contributed by atoms with Crippen molar-refractivity contribution in [2.45, 2.75) is 44.2 Å². The number of primary amides is 2. The summed E-state index contributed by atoms with van der Waals surface area (Å²) in [5, 5.41) is 14.6. The molecule has 3 atom stereocenters. The molecule has 0 saturated heterocycles. The summed E-state index contributed by atoms with van der Waals surface area (Å²) in [6, 6.07) is 23.2. The minimum absolute atomic E-state index is 0.0548. The molecule has 0 heterocycles. The van der Waals surface area contributed by atoms with E-state index in [1.54, 1.807) is 31.4 Å². The van der Waals surface area contributed by atoms with Crippen LogP contribution in [0.4, 0.5) is 4.79 Å². The fraction of sp³-hybridized carbons (Fsp3) is 0.300. The van der Waals surface area contributed by atoms with Crippen LogP contribution in [0.3, 0.4) is 0 Å². The van der Waals surface area contributed by atoms with Gasteiger partial charge in [-0.25, -0.2) is 4.79 Å². The van der Waals surface area contributed by atoms with Gasteiger partial charge in [-0.2, -0.15) is 0 Å². The number of carbonyl (C=O) groups excluding carboxylic acids is 3. The Morgan fingerprint density at radius 1 is 0.900 bits per heavy atom. The quantitative estimate of drug-likeness (QED) is 0.227. The maximum atomic E-state index is 13.5. The molecule has 0 unspecified atom stereocenters. The zero-order valence-corrected chi connectivity index (χ0v) is 22.4.